The lowest BCUT2D eigenvalue weighted by Crippen LogP contribution is -2.28. The van der Waals surface area contributed by atoms with Crippen molar-refractivity contribution in [3.05, 3.63) is 34.6 Å². The van der Waals surface area contributed by atoms with E-state index >= 15 is 0 Å². The SMILES string of the molecule is CC(=O)[C@H](CNCC(C)C)c1ccc(Cl)c(F)c1. The standard InChI is InChI=1S/C14H19ClFNO/c1-9(2)7-17-8-12(10(3)18)11-4-5-13(15)14(16)6-11/h4-6,9,12,17H,7-8H2,1-3H3/t12-/m0/s1. The van der Waals surface area contributed by atoms with Crippen molar-refractivity contribution in [2.75, 3.05) is 13.1 Å². The first-order valence-electron chi connectivity index (χ1n) is 6.08. The zero-order valence-electron chi connectivity index (χ0n) is 11.0. The van der Waals surface area contributed by atoms with Crippen molar-refractivity contribution < 1.29 is 9.18 Å². The number of nitrogens with one attached hydrogen (secondary N) is 1. The first-order valence-corrected chi connectivity index (χ1v) is 6.45. The van der Waals surface area contributed by atoms with E-state index in [-0.39, 0.29) is 16.7 Å². The number of ketones is 1. The molecule has 0 saturated carbocycles. The van der Waals surface area contributed by atoms with Crippen molar-refractivity contribution in [1.29, 1.82) is 0 Å². The number of Topliss-reactive ketones (excluding diaryl/α,β-unsaturated/α-hetero) is 1. The molecule has 4 heteroatoms. The van der Waals surface area contributed by atoms with E-state index in [9.17, 15) is 9.18 Å². The van der Waals surface area contributed by atoms with Crippen molar-refractivity contribution in [3.8, 4) is 0 Å². The molecular weight excluding hydrogens is 253 g/mol. The molecule has 0 bridgehead atoms. The van der Waals surface area contributed by atoms with E-state index in [0.29, 0.717) is 18.0 Å². The van der Waals surface area contributed by atoms with E-state index in [1.165, 1.54) is 19.1 Å². The molecule has 0 heterocycles. The summed E-state index contributed by atoms with van der Waals surface area (Å²) in [5.74, 6) is -0.271. The van der Waals surface area contributed by atoms with Crippen LogP contribution in [0.2, 0.25) is 5.02 Å². The van der Waals surface area contributed by atoms with Crippen LogP contribution in [-0.2, 0) is 4.79 Å². The third kappa shape index (κ3) is 4.39. The van der Waals surface area contributed by atoms with Crippen LogP contribution < -0.4 is 5.32 Å². The Labute approximate surface area is 113 Å². The molecule has 0 spiro atoms. The Morgan fingerprint density at radius 3 is 2.56 bits per heavy atom. The molecule has 1 N–H and O–H groups in total. The number of carbonyl (C=O) groups excluding carboxylic acids is 1. The van der Waals surface area contributed by atoms with Crippen molar-refractivity contribution in [2.45, 2.75) is 26.7 Å². The lowest BCUT2D eigenvalue weighted by Gasteiger charge is -2.16. The van der Waals surface area contributed by atoms with E-state index < -0.39 is 5.82 Å². The van der Waals surface area contributed by atoms with E-state index in [1.807, 2.05) is 0 Å². The summed E-state index contributed by atoms with van der Waals surface area (Å²) in [6, 6.07) is 4.53. The predicted octanol–water partition coefficient (Wildman–Crippen LogP) is 3.40. The highest BCUT2D eigenvalue weighted by Crippen LogP contribution is 2.22. The summed E-state index contributed by atoms with van der Waals surface area (Å²) >= 11 is 5.64. The van der Waals surface area contributed by atoms with E-state index in [2.05, 4.69) is 19.2 Å². The third-order valence-electron chi connectivity index (χ3n) is 2.74. The first kappa shape index (κ1) is 15.1. The molecule has 0 aliphatic rings. The maximum absolute atomic E-state index is 13.4. The highest BCUT2D eigenvalue weighted by Gasteiger charge is 2.17. The molecule has 0 aliphatic carbocycles. The minimum absolute atomic E-state index is 0.0213. The van der Waals surface area contributed by atoms with Gasteiger partial charge >= 0.3 is 0 Å². The maximum atomic E-state index is 13.4. The topological polar surface area (TPSA) is 29.1 Å². The Bertz CT molecular complexity index is 420. The molecule has 2 nitrogen and oxygen atoms in total. The summed E-state index contributed by atoms with van der Waals surface area (Å²) < 4.78 is 13.4. The van der Waals surface area contributed by atoms with E-state index in [1.54, 1.807) is 6.07 Å². The van der Waals surface area contributed by atoms with Gasteiger partial charge in [0.25, 0.3) is 0 Å². The lowest BCUT2D eigenvalue weighted by molar-refractivity contribution is -0.118. The van der Waals surface area contributed by atoms with Crippen molar-refractivity contribution >= 4 is 17.4 Å². The van der Waals surface area contributed by atoms with Gasteiger partial charge in [0, 0.05) is 6.54 Å². The van der Waals surface area contributed by atoms with Crippen molar-refractivity contribution in [1.82, 2.24) is 5.32 Å². The number of halogens is 2. The smallest absolute Gasteiger partial charge is 0.142 e. The summed E-state index contributed by atoms with van der Waals surface area (Å²) in [6.45, 7) is 7.07. The molecule has 0 radical (unpaired) electrons. The molecule has 0 saturated heterocycles. The Balaban J connectivity index is 2.78. The van der Waals surface area contributed by atoms with Gasteiger partial charge in [-0.2, -0.15) is 0 Å². The number of hydrogen-bond donors (Lipinski definition) is 1. The lowest BCUT2D eigenvalue weighted by atomic mass is 9.95. The Morgan fingerprint density at radius 2 is 2.06 bits per heavy atom. The first-order chi connectivity index (χ1) is 8.41. The number of rotatable bonds is 6. The maximum Gasteiger partial charge on any atom is 0.142 e. The van der Waals surface area contributed by atoms with Gasteiger partial charge in [0.2, 0.25) is 0 Å². The molecule has 0 aromatic heterocycles. The molecule has 0 fully saturated rings. The molecule has 1 aromatic carbocycles. The summed E-state index contributed by atoms with van der Waals surface area (Å²) in [5.41, 5.74) is 0.667. The molecular formula is C14H19ClFNO. The number of hydrogen-bond acceptors (Lipinski definition) is 2. The fraction of sp³-hybridized carbons (Fsp3) is 0.500. The largest absolute Gasteiger partial charge is 0.315 e. The van der Waals surface area contributed by atoms with Gasteiger partial charge in [-0.15, -0.1) is 0 Å². The molecule has 1 aromatic rings. The number of carbonyl (C=O) groups is 1. The zero-order valence-corrected chi connectivity index (χ0v) is 11.7. The molecule has 100 valence electrons. The van der Waals surface area contributed by atoms with Crippen LogP contribution in [0.3, 0.4) is 0 Å². The monoisotopic (exact) mass is 271 g/mol. The second-order valence-corrected chi connectivity index (χ2v) is 5.30. The van der Waals surface area contributed by atoms with Gasteiger partial charge in [0.15, 0.2) is 0 Å². The molecule has 0 amide bonds. The highest BCUT2D eigenvalue weighted by atomic mass is 35.5. The summed E-state index contributed by atoms with van der Waals surface area (Å²) in [5, 5.41) is 3.30. The van der Waals surface area contributed by atoms with Gasteiger partial charge in [-0.25, -0.2) is 4.39 Å². The minimum atomic E-state index is -0.482. The molecule has 0 unspecified atom stereocenters. The third-order valence-corrected chi connectivity index (χ3v) is 3.04. The number of benzene rings is 1. The Morgan fingerprint density at radius 1 is 1.39 bits per heavy atom. The quantitative estimate of drug-likeness (QED) is 0.859. The van der Waals surface area contributed by atoms with Crippen LogP contribution in [0.15, 0.2) is 18.2 Å². The summed E-state index contributed by atoms with van der Waals surface area (Å²) in [6.07, 6.45) is 0. The van der Waals surface area contributed by atoms with Crippen LogP contribution in [0.1, 0.15) is 32.3 Å². The second kappa shape index (κ2) is 6.86. The molecule has 1 rings (SSSR count). The fourth-order valence-corrected chi connectivity index (χ4v) is 1.86. The van der Waals surface area contributed by atoms with Crippen molar-refractivity contribution in [2.24, 2.45) is 5.92 Å². The minimum Gasteiger partial charge on any atom is -0.315 e. The van der Waals surface area contributed by atoms with Gasteiger partial charge in [-0.3, -0.25) is 4.79 Å². The molecule has 0 aliphatic heterocycles. The second-order valence-electron chi connectivity index (χ2n) is 4.89. The fourth-order valence-electron chi connectivity index (χ4n) is 1.74. The van der Waals surface area contributed by atoms with E-state index in [4.69, 9.17) is 11.6 Å². The van der Waals surface area contributed by atoms with Gasteiger partial charge in [0.1, 0.15) is 11.6 Å². The highest BCUT2D eigenvalue weighted by molar-refractivity contribution is 6.30. The molecule has 18 heavy (non-hydrogen) atoms. The Hall–Kier alpha value is -0.930. The average Bonchev–Trinajstić information content (AvgIpc) is 2.27. The van der Waals surface area contributed by atoms with Crippen molar-refractivity contribution in [3.63, 3.8) is 0 Å². The van der Waals surface area contributed by atoms with Gasteiger partial charge < -0.3 is 5.32 Å². The summed E-state index contributed by atoms with van der Waals surface area (Å²) in [7, 11) is 0. The van der Waals surface area contributed by atoms with Gasteiger partial charge in [-0.05, 0) is 37.1 Å². The van der Waals surface area contributed by atoms with Crippen LogP contribution in [0.4, 0.5) is 4.39 Å². The van der Waals surface area contributed by atoms with Gasteiger partial charge in [0.05, 0.1) is 10.9 Å². The summed E-state index contributed by atoms with van der Waals surface area (Å²) in [4.78, 5) is 11.6. The van der Waals surface area contributed by atoms with Crippen LogP contribution in [-0.4, -0.2) is 18.9 Å². The van der Waals surface area contributed by atoms with Crippen LogP contribution in [0, 0.1) is 11.7 Å². The molecule has 1 atom stereocenters. The zero-order chi connectivity index (χ0) is 13.7. The van der Waals surface area contributed by atoms with Crippen LogP contribution >= 0.6 is 11.6 Å². The Kier molecular flexibility index (Phi) is 5.76. The average molecular weight is 272 g/mol. The van der Waals surface area contributed by atoms with Crippen LogP contribution in [0.5, 0.6) is 0 Å². The normalized spacial score (nSPS) is 12.8. The predicted molar refractivity (Wildman–Crippen MR) is 72.5 cm³/mol. The van der Waals surface area contributed by atoms with E-state index in [0.717, 1.165) is 6.54 Å². The van der Waals surface area contributed by atoms with Crippen LogP contribution in [0.25, 0.3) is 0 Å². The van der Waals surface area contributed by atoms with Gasteiger partial charge in [-0.1, -0.05) is 31.5 Å².